The second-order valence-corrected chi connectivity index (χ2v) is 8.34. The Balaban J connectivity index is 1.54. The molecule has 1 aromatic carbocycles. The van der Waals surface area contributed by atoms with Crippen LogP contribution < -0.4 is 0 Å². The summed E-state index contributed by atoms with van der Waals surface area (Å²) in [5.74, 6) is 0.367. The smallest absolute Gasteiger partial charge is 0.232 e. The Kier molecular flexibility index (Phi) is 7.09. The zero-order chi connectivity index (χ0) is 18.5. The molecule has 0 spiro atoms. The number of rotatable bonds is 4. The maximum absolute atomic E-state index is 12.7. The molecule has 0 radical (unpaired) electrons. The van der Waals surface area contributed by atoms with Gasteiger partial charge in [0.15, 0.2) is 0 Å². The van der Waals surface area contributed by atoms with Crippen LogP contribution in [-0.4, -0.2) is 66.8 Å². The number of likely N-dealkylation sites (tertiary alicyclic amines) is 1. The van der Waals surface area contributed by atoms with E-state index in [4.69, 9.17) is 27.9 Å². The molecule has 0 saturated carbocycles. The predicted molar refractivity (Wildman–Crippen MR) is 104 cm³/mol. The molecule has 8 heteroatoms. The van der Waals surface area contributed by atoms with Crippen molar-refractivity contribution in [2.75, 3.05) is 45.1 Å². The Hall–Kier alpha value is -0.950. The van der Waals surface area contributed by atoms with E-state index in [1.165, 1.54) is 11.8 Å². The van der Waals surface area contributed by atoms with Crippen LogP contribution in [0.5, 0.6) is 0 Å². The number of hydrogen-bond donors (Lipinski definition) is 0. The fraction of sp³-hybridized carbons (Fsp3) is 0.556. The molecule has 26 heavy (non-hydrogen) atoms. The first-order valence-corrected chi connectivity index (χ1v) is 10.5. The van der Waals surface area contributed by atoms with Gasteiger partial charge in [0.25, 0.3) is 0 Å². The number of thioether (sulfide) groups is 1. The molecule has 2 heterocycles. The summed E-state index contributed by atoms with van der Waals surface area (Å²) in [4.78, 5) is 29.7. The summed E-state index contributed by atoms with van der Waals surface area (Å²) in [5, 5.41) is 1.18. The molecule has 2 aliphatic heterocycles. The molecule has 142 valence electrons. The maximum atomic E-state index is 12.7. The van der Waals surface area contributed by atoms with Gasteiger partial charge >= 0.3 is 0 Å². The largest absolute Gasteiger partial charge is 0.378 e. The normalized spacial score (nSPS) is 20.9. The molecule has 0 bridgehead atoms. The van der Waals surface area contributed by atoms with Gasteiger partial charge in [-0.2, -0.15) is 0 Å². The van der Waals surface area contributed by atoms with Gasteiger partial charge in [0, 0.05) is 36.1 Å². The molecule has 0 aliphatic carbocycles. The van der Waals surface area contributed by atoms with E-state index >= 15 is 0 Å². The minimum atomic E-state index is -0.106. The van der Waals surface area contributed by atoms with Gasteiger partial charge in [-0.05, 0) is 31.0 Å². The van der Waals surface area contributed by atoms with Crippen LogP contribution in [0.2, 0.25) is 10.0 Å². The van der Waals surface area contributed by atoms with E-state index in [2.05, 4.69) is 0 Å². The lowest BCUT2D eigenvalue weighted by Gasteiger charge is -2.36. The first-order valence-electron chi connectivity index (χ1n) is 8.77. The minimum absolute atomic E-state index is 0.0329. The summed E-state index contributed by atoms with van der Waals surface area (Å²) < 4.78 is 5.31. The average Bonchev–Trinajstić information content (AvgIpc) is 2.68. The van der Waals surface area contributed by atoms with Crippen LogP contribution in [0.1, 0.15) is 12.8 Å². The summed E-state index contributed by atoms with van der Waals surface area (Å²) in [6.07, 6.45) is 1.70. The van der Waals surface area contributed by atoms with Gasteiger partial charge in [-0.1, -0.05) is 23.2 Å². The fourth-order valence-corrected chi connectivity index (χ4v) is 4.66. The number of piperidine rings is 1. The molecule has 1 aromatic rings. The molecular formula is C18H22Cl2N2O3S. The quantitative estimate of drug-likeness (QED) is 0.707. The highest BCUT2D eigenvalue weighted by atomic mass is 35.5. The van der Waals surface area contributed by atoms with Crippen LogP contribution in [0, 0.1) is 5.92 Å². The Bertz CT molecular complexity index is 668. The molecule has 2 aliphatic rings. The Morgan fingerprint density at radius 1 is 1.15 bits per heavy atom. The highest BCUT2D eigenvalue weighted by Gasteiger charge is 2.31. The molecular weight excluding hydrogens is 395 g/mol. The molecule has 1 atom stereocenters. The van der Waals surface area contributed by atoms with Crippen molar-refractivity contribution in [3.8, 4) is 0 Å². The van der Waals surface area contributed by atoms with Crippen molar-refractivity contribution >= 4 is 46.8 Å². The predicted octanol–water partition coefficient (Wildman–Crippen LogP) is 3.18. The lowest BCUT2D eigenvalue weighted by atomic mass is 9.96. The van der Waals surface area contributed by atoms with Crippen molar-refractivity contribution in [3.05, 3.63) is 28.2 Å². The lowest BCUT2D eigenvalue weighted by molar-refractivity contribution is -0.143. The highest BCUT2D eigenvalue weighted by molar-refractivity contribution is 8.00. The molecule has 1 unspecified atom stereocenters. The molecule has 2 amide bonds. The number of amides is 2. The van der Waals surface area contributed by atoms with Gasteiger partial charge in [0.2, 0.25) is 11.8 Å². The summed E-state index contributed by atoms with van der Waals surface area (Å²) in [7, 11) is 0. The minimum Gasteiger partial charge on any atom is -0.378 e. The second kappa shape index (κ2) is 9.31. The van der Waals surface area contributed by atoms with Gasteiger partial charge in [-0.25, -0.2) is 0 Å². The van der Waals surface area contributed by atoms with E-state index in [9.17, 15) is 9.59 Å². The number of ether oxygens (including phenoxy) is 1. The number of benzene rings is 1. The van der Waals surface area contributed by atoms with Crippen molar-refractivity contribution in [2.24, 2.45) is 5.92 Å². The number of carbonyl (C=O) groups excluding carboxylic acids is 2. The van der Waals surface area contributed by atoms with E-state index in [1.807, 2.05) is 4.90 Å². The van der Waals surface area contributed by atoms with Crippen molar-refractivity contribution in [1.29, 1.82) is 0 Å². The van der Waals surface area contributed by atoms with Crippen LogP contribution in [0.25, 0.3) is 0 Å². The Morgan fingerprint density at radius 3 is 2.69 bits per heavy atom. The zero-order valence-corrected chi connectivity index (χ0v) is 16.8. The van der Waals surface area contributed by atoms with Gasteiger partial charge in [-0.15, -0.1) is 11.8 Å². The third kappa shape index (κ3) is 5.06. The zero-order valence-electron chi connectivity index (χ0n) is 14.5. The van der Waals surface area contributed by atoms with Gasteiger partial charge in [0.05, 0.1) is 29.9 Å². The first-order chi connectivity index (χ1) is 12.5. The summed E-state index contributed by atoms with van der Waals surface area (Å²) in [6.45, 7) is 3.68. The Labute approximate surface area is 167 Å². The third-order valence-electron chi connectivity index (χ3n) is 4.69. The van der Waals surface area contributed by atoms with Gasteiger partial charge in [0.1, 0.15) is 0 Å². The van der Waals surface area contributed by atoms with E-state index in [-0.39, 0.29) is 17.7 Å². The van der Waals surface area contributed by atoms with Crippen LogP contribution in [-0.2, 0) is 14.3 Å². The van der Waals surface area contributed by atoms with Crippen LogP contribution >= 0.6 is 35.0 Å². The summed E-state index contributed by atoms with van der Waals surface area (Å²) >= 11 is 13.5. The van der Waals surface area contributed by atoms with Crippen molar-refractivity contribution in [2.45, 2.75) is 17.7 Å². The number of nitrogens with zero attached hydrogens (tertiary/aromatic N) is 2. The fourth-order valence-electron chi connectivity index (χ4n) is 3.27. The molecule has 5 nitrogen and oxygen atoms in total. The van der Waals surface area contributed by atoms with E-state index in [1.54, 1.807) is 23.1 Å². The molecule has 2 saturated heterocycles. The third-order valence-corrected chi connectivity index (χ3v) is 6.41. The number of morpholine rings is 1. The molecule has 3 rings (SSSR count). The molecule has 0 aromatic heterocycles. The van der Waals surface area contributed by atoms with Crippen LogP contribution in [0.3, 0.4) is 0 Å². The second-order valence-electron chi connectivity index (χ2n) is 6.48. The number of halogens is 2. The summed E-state index contributed by atoms with van der Waals surface area (Å²) in [5.41, 5.74) is 0. The monoisotopic (exact) mass is 416 g/mol. The lowest BCUT2D eigenvalue weighted by Crippen LogP contribution is -2.49. The Morgan fingerprint density at radius 2 is 1.92 bits per heavy atom. The molecule has 2 fully saturated rings. The van der Waals surface area contributed by atoms with Crippen molar-refractivity contribution in [1.82, 2.24) is 9.80 Å². The number of carbonyl (C=O) groups is 2. The topological polar surface area (TPSA) is 49.9 Å². The van der Waals surface area contributed by atoms with Crippen LogP contribution in [0.4, 0.5) is 0 Å². The van der Waals surface area contributed by atoms with E-state index in [0.717, 1.165) is 17.7 Å². The SMILES string of the molecule is O=C(CSc1cc(Cl)ccc1Cl)N1CCCC(C(=O)N2CCOCC2)C1. The van der Waals surface area contributed by atoms with Crippen molar-refractivity contribution in [3.63, 3.8) is 0 Å². The van der Waals surface area contributed by atoms with E-state index < -0.39 is 0 Å². The molecule has 0 N–H and O–H groups in total. The van der Waals surface area contributed by atoms with Crippen molar-refractivity contribution < 1.29 is 14.3 Å². The maximum Gasteiger partial charge on any atom is 0.232 e. The highest BCUT2D eigenvalue weighted by Crippen LogP contribution is 2.30. The standard InChI is InChI=1S/C18H22Cl2N2O3S/c19-14-3-4-15(20)16(10-14)26-12-17(23)22-5-1-2-13(11-22)18(24)21-6-8-25-9-7-21/h3-4,10,13H,1-2,5-9,11-12H2. The summed E-state index contributed by atoms with van der Waals surface area (Å²) in [6, 6.07) is 5.22. The first kappa shape index (κ1) is 19.8. The van der Waals surface area contributed by atoms with Gasteiger partial charge in [-0.3, -0.25) is 9.59 Å². The average molecular weight is 417 g/mol. The van der Waals surface area contributed by atoms with E-state index in [0.29, 0.717) is 55.2 Å². The van der Waals surface area contributed by atoms with Gasteiger partial charge < -0.3 is 14.5 Å². The number of hydrogen-bond acceptors (Lipinski definition) is 4. The van der Waals surface area contributed by atoms with Crippen LogP contribution in [0.15, 0.2) is 23.1 Å².